The summed E-state index contributed by atoms with van der Waals surface area (Å²) < 4.78 is 1.95. The molecule has 84 valence electrons. The van der Waals surface area contributed by atoms with Gasteiger partial charge in [-0.15, -0.1) is 0 Å². The van der Waals surface area contributed by atoms with E-state index >= 15 is 0 Å². The van der Waals surface area contributed by atoms with Crippen LogP contribution in [-0.4, -0.2) is 15.6 Å². The van der Waals surface area contributed by atoms with Gasteiger partial charge in [-0.2, -0.15) is 0 Å². The predicted octanol–water partition coefficient (Wildman–Crippen LogP) is 1.01. The maximum atomic E-state index is 10.7. The van der Waals surface area contributed by atoms with Crippen molar-refractivity contribution in [2.75, 3.05) is 0 Å². The van der Waals surface area contributed by atoms with Crippen LogP contribution in [-0.2, 0) is 17.9 Å². The Balaban J connectivity index is 2.41. The SMILES string of the molecule is NC(=O)CCn1cc(CO)c2ccccc21. The van der Waals surface area contributed by atoms with Gasteiger partial charge in [-0.1, -0.05) is 18.2 Å². The van der Waals surface area contributed by atoms with Gasteiger partial charge in [-0.3, -0.25) is 4.79 Å². The van der Waals surface area contributed by atoms with Gasteiger partial charge in [0.15, 0.2) is 0 Å². The van der Waals surface area contributed by atoms with E-state index < -0.39 is 0 Å². The van der Waals surface area contributed by atoms with Gasteiger partial charge < -0.3 is 15.4 Å². The van der Waals surface area contributed by atoms with Crippen molar-refractivity contribution in [2.45, 2.75) is 19.6 Å². The van der Waals surface area contributed by atoms with Crippen LogP contribution in [0.3, 0.4) is 0 Å². The normalized spacial score (nSPS) is 10.8. The lowest BCUT2D eigenvalue weighted by Crippen LogP contribution is -2.13. The molecule has 16 heavy (non-hydrogen) atoms. The Morgan fingerprint density at radius 1 is 1.38 bits per heavy atom. The number of carbonyl (C=O) groups excluding carboxylic acids is 1. The van der Waals surface area contributed by atoms with E-state index in [0.29, 0.717) is 13.0 Å². The van der Waals surface area contributed by atoms with Crippen molar-refractivity contribution in [3.8, 4) is 0 Å². The van der Waals surface area contributed by atoms with E-state index in [-0.39, 0.29) is 12.5 Å². The molecular formula is C12H14N2O2. The minimum Gasteiger partial charge on any atom is -0.392 e. The van der Waals surface area contributed by atoms with E-state index in [2.05, 4.69) is 0 Å². The van der Waals surface area contributed by atoms with Crippen LogP contribution >= 0.6 is 0 Å². The van der Waals surface area contributed by atoms with Gasteiger partial charge in [0.1, 0.15) is 0 Å². The highest BCUT2D eigenvalue weighted by molar-refractivity contribution is 5.84. The minimum atomic E-state index is -0.316. The highest BCUT2D eigenvalue weighted by Crippen LogP contribution is 2.21. The fourth-order valence-electron chi connectivity index (χ4n) is 1.86. The van der Waals surface area contributed by atoms with Crippen LogP contribution in [0.1, 0.15) is 12.0 Å². The number of benzene rings is 1. The molecule has 0 spiro atoms. The Bertz CT molecular complexity index is 517. The third kappa shape index (κ3) is 1.92. The van der Waals surface area contributed by atoms with Crippen molar-refractivity contribution in [1.82, 2.24) is 4.57 Å². The molecule has 0 aliphatic carbocycles. The Morgan fingerprint density at radius 2 is 2.12 bits per heavy atom. The number of hydrogen-bond donors (Lipinski definition) is 2. The summed E-state index contributed by atoms with van der Waals surface area (Å²) in [7, 11) is 0. The molecule has 4 heteroatoms. The second-order valence-electron chi connectivity index (χ2n) is 3.74. The minimum absolute atomic E-state index is 0.00405. The van der Waals surface area contributed by atoms with Crippen LogP contribution in [0, 0.1) is 0 Å². The molecular weight excluding hydrogens is 204 g/mol. The van der Waals surface area contributed by atoms with Crippen LogP contribution in [0.4, 0.5) is 0 Å². The summed E-state index contributed by atoms with van der Waals surface area (Å²) in [6, 6.07) is 7.79. The van der Waals surface area contributed by atoms with Gasteiger partial charge >= 0.3 is 0 Å². The summed E-state index contributed by atoms with van der Waals surface area (Å²) in [5.41, 5.74) is 7.02. The van der Waals surface area contributed by atoms with Crippen molar-refractivity contribution >= 4 is 16.8 Å². The molecule has 4 nitrogen and oxygen atoms in total. The first kappa shape index (κ1) is 10.7. The standard InChI is InChI=1S/C12H14N2O2/c13-12(16)5-6-14-7-9(8-15)10-3-1-2-4-11(10)14/h1-4,7,15H,5-6,8H2,(H2,13,16). The predicted molar refractivity (Wildman–Crippen MR) is 61.7 cm³/mol. The number of aliphatic hydroxyl groups excluding tert-OH is 1. The van der Waals surface area contributed by atoms with E-state index in [1.54, 1.807) is 0 Å². The summed E-state index contributed by atoms with van der Waals surface area (Å²) in [5.74, 6) is -0.316. The highest BCUT2D eigenvalue weighted by atomic mass is 16.3. The molecule has 1 aromatic heterocycles. The summed E-state index contributed by atoms with van der Waals surface area (Å²) in [6.45, 7) is 0.555. The molecule has 1 amide bonds. The summed E-state index contributed by atoms with van der Waals surface area (Å²) in [4.78, 5) is 10.7. The largest absolute Gasteiger partial charge is 0.392 e. The number of fused-ring (bicyclic) bond motifs is 1. The molecule has 3 N–H and O–H groups in total. The smallest absolute Gasteiger partial charge is 0.219 e. The molecule has 0 atom stereocenters. The van der Waals surface area contributed by atoms with Crippen molar-refractivity contribution in [3.63, 3.8) is 0 Å². The monoisotopic (exact) mass is 218 g/mol. The highest BCUT2D eigenvalue weighted by Gasteiger charge is 2.07. The molecule has 0 aliphatic rings. The molecule has 0 aliphatic heterocycles. The lowest BCUT2D eigenvalue weighted by atomic mass is 10.2. The topological polar surface area (TPSA) is 68.2 Å². The number of hydrogen-bond acceptors (Lipinski definition) is 2. The third-order valence-corrected chi connectivity index (χ3v) is 2.64. The lowest BCUT2D eigenvalue weighted by Gasteiger charge is -2.02. The average Bonchev–Trinajstić information content (AvgIpc) is 2.65. The maximum absolute atomic E-state index is 10.7. The van der Waals surface area contributed by atoms with E-state index in [1.165, 1.54) is 0 Å². The number of carbonyl (C=O) groups is 1. The maximum Gasteiger partial charge on any atom is 0.219 e. The fourth-order valence-corrected chi connectivity index (χ4v) is 1.86. The second kappa shape index (κ2) is 4.37. The Kier molecular flexibility index (Phi) is 2.92. The molecule has 0 unspecified atom stereocenters. The zero-order valence-corrected chi connectivity index (χ0v) is 8.89. The molecule has 2 aromatic rings. The van der Waals surface area contributed by atoms with Gasteiger partial charge in [0.2, 0.25) is 5.91 Å². The number of aryl methyl sites for hydroxylation is 1. The number of nitrogens with two attached hydrogens (primary N) is 1. The molecule has 0 bridgehead atoms. The Labute approximate surface area is 93.3 Å². The third-order valence-electron chi connectivity index (χ3n) is 2.64. The average molecular weight is 218 g/mol. The van der Waals surface area contributed by atoms with E-state index in [0.717, 1.165) is 16.5 Å². The van der Waals surface area contributed by atoms with Crippen LogP contribution < -0.4 is 5.73 Å². The van der Waals surface area contributed by atoms with Crippen molar-refractivity contribution < 1.29 is 9.90 Å². The summed E-state index contributed by atoms with van der Waals surface area (Å²) >= 11 is 0. The van der Waals surface area contributed by atoms with Gasteiger partial charge in [-0.25, -0.2) is 0 Å². The van der Waals surface area contributed by atoms with E-state index in [1.807, 2.05) is 35.0 Å². The van der Waals surface area contributed by atoms with Crippen LogP contribution in [0.15, 0.2) is 30.5 Å². The quantitative estimate of drug-likeness (QED) is 0.804. The van der Waals surface area contributed by atoms with Gasteiger partial charge in [0.05, 0.1) is 6.61 Å². The number of primary amides is 1. The molecule has 1 heterocycles. The Hall–Kier alpha value is -1.81. The lowest BCUT2D eigenvalue weighted by molar-refractivity contribution is -0.118. The summed E-state index contributed by atoms with van der Waals surface area (Å²) in [6.07, 6.45) is 2.18. The molecule has 0 fully saturated rings. The van der Waals surface area contributed by atoms with Gasteiger partial charge in [0, 0.05) is 35.6 Å². The van der Waals surface area contributed by atoms with Crippen LogP contribution in [0.25, 0.3) is 10.9 Å². The van der Waals surface area contributed by atoms with Crippen molar-refractivity contribution in [2.24, 2.45) is 5.73 Å². The molecule has 2 rings (SSSR count). The number of amides is 1. The summed E-state index contributed by atoms with van der Waals surface area (Å²) in [5, 5.41) is 10.2. The number of rotatable bonds is 4. The van der Waals surface area contributed by atoms with E-state index in [9.17, 15) is 9.90 Å². The van der Waals surface area contributed by atoms with E-state index in [4.69, 9.17) is 5.73 Å². The molecule has 0 saturated carbocycles. The van der Waals surface area contributed by atoms with Gasteiger partial charge in [-0.05, 0) is 6.07 Å². The van der Waals surface area contributed by atoms with Crippen LogP contribution in [0.5, 0.6) is 0 Å². The first-order chi connectivity index (χ1) is 7.72. The first-order valence-electron chi connectivity index (χ1n) is 5.18. The van der Waals surface area contributed by atoms with Crippen molar-refractivity contribution in [1.29, 1.82) is 0 Å². The zero-order valence-electron chi connectivity index (χ0n) is 8.89. The number of aromatic nitrogens is 1. The van der Waals surface area contributed by atoms with Crippen LogP contribution in [0.2, 0.25) is 0 Å². The number of nitrogens with zero attached hydrogens (tertiary/aromatic N) is 1. The molecule has 1 aromatic carbocycles. The number of aliphatic hydroxyl groups is 1. The molecule has 0 radical (unpaired) electrons. The number of para-hydroxylation sites is 1. The second-order valence-corrected chi connectivity index (χ2v) is 3.74. The zero-order chi connectivity index (χ0) is 11.5. The first-order valence-corrected chi connectivity index (χ1v) is 5.18. The Morgan fingerprint density at radius 3 is 2.81 bits per heavy atom. The van der Waals surface area contributed by atoms with Crippen molar-refractivity contribution in [3.05, 3.63) is 36.0 Å². The van der Waals surface area contributed by atoms with Gasteiger partial charge in [0.25, 0.3) is 0 Å². The molecule has 0 saturated heterocycles. The fraction of sp³-hybridized carbons (Fsp3) is 0.250.